The molecule has 2 rings (SSSR count). The number of amides is 2. The lowest BCUT2D eigenvalue weighted by Crippen LogP contribution is -2.50. The highest BCUT2D eigenvalue weighted by Gasteiger charge is 2.28. The molecule has 0 aromatic heterocycles. The summed E-state index contributed by atoms with van der Waals surface area (Å²) in [5.41, 5.74) is 0.854. The van der Waals surface area contributed by atoms with Gasteiger partial charge in [-0.15, -0.1) is 0 Å². The minimum absolute atomic E-state index is 0.196. The number of hydrogen-bond acceptors (Lipinski definition) is 4. The van der Waals surface area contributed by atoms with Crippen LogP contribution in [0.15, 0.2) is 46.9 Å². The van der Waals surface area contributed by atoms with E-state index in [0.717, 1.165) is 10.0 Å². The number of rotatable bonds is 10. The van der Waals surface area contributed by atoms with Crippen molar-refractivity contribution in [3.05, 3.63) is 57.5 Å². The van der Waals surface area contributed by atoms with Gasteiger partial charge < -0.3 is 19.7 Å². The van der Waals surface area contributed by atoms with E-state index in [1.54, 1.807) is 25.3 Å². The van der Waals surface area contributed by atoms with Gasteiger partial charge in [0.05, 0.1) is 12.1 Å². The molecule has 8 heteroatoms. The average molecular weight is 498 g/mol. The highest BCUT2D eigenvalue weighted by atomic mass is 79.9. The van der Waals surface area contributed by atoms with Crippen molar-refractivity contribution in [1.29, 1.82) is 0 Å². The van der Waals surface area contributed by atoms with Crippen LogP contribution in [0.1, 0.15) is 25.8 Å². The van der Waals surface area contributed by atoms with Crippen LogP contribution in [0, 0.1) is 0 Å². The first-order valence-corrected chi connectivity index (χ1v) is 10.8. The first kappa shape index (κ1) is 24.0. The van der Waals surface area contributed by atoms with E-state index < -0.39 is 6.04 Å². The average Bonchev–Trinajstić information content (AvgIpc) is 2.73. The number of hydrogen-bond donors (Lipinski definition) is 1. The van der Waals surface area contributed by atoms with E-state index in [2.05, 4.69) is 21.2 Å². The Kier molecular flexibility index (Phi) is 9.46. The van der Waals surface area contributed by atoms with E-state index in [9.17, 15) is 9.59 Å². The molecule has 2 aromatic carbocycles. The summed E-state index contributed by atoms with van der Waals surface area (Å²) in [7, 11) is 1.58. The van der Waals surface area contributed by atoms with Crippen LogP contribution in [-0.4, -0.2) is 43.0 Å². The molecule has 0 bridgehead atoms. The smallest absolute Gasteiger partial charge is 0.261 e. The topological polar surface area (TPSA) is 67.9 Å². The molecule has 2 amide bonds. The first-order valence-electron chi connectivity index (χ1n) is 9.67. The van der Waals surface area contributed by atoms with Crippen molar-refractivity contribution in [3.8, 4) is 11.5 Å². The largest absolute Gasteiger partial charge is 0.497 e. The fraction of sp³-hybridized carbons (Fsp3) is 0.364. The fourth-order valence-corrected chi connectivity index (χ4v) is 3.72. The molecule has 0 aliphatic heterocycles. The molecule has 0 aliphatic carbocycles. The predicted molar refractivity (Wildman–Crippen MR) is 121 cm³/mol. The van der Waals surface area contributed by atoms with E-state index in [0.29, 0.717) is 29.5 Å². The Morgan fingerprint density at radius 2 is 1.97 bits per heavy atom. The van der Waals surface area contributed by atoms with Gasteiger partial charge in [-0.1, -0.05) is 46.6 Å². The summed E-state index contributed by atoms with van der Waals surface area (Å²) in [6.45, 7) is 4.22. The zero-order chi connectivity index (χ0) is 22.1. The Labute approximate surface area is 190 Å². The summed E-state index contributed by atoms with van der Waals surface area (Å²) in [6, 6.07) is 12.0. The van der Waals surface area contributed by atoms with Gasteiger partial charge in [-0.05, 0) is 49.2 Å². The maximum Gasteiger partial charge on any atom is 0.261 e. The number of halogens is 2. The molecule has 0 spiro atoms. The van der Waals surface area contributed by atoms with Crippen molar-refractivity contribution in [3.63, 3.8) is 0 Å². The summed E-state index contributed by atoms with van der Waals surface area (Å²) in [5.74, 6) is 0.581. The van der Waals surface area contributed by atoms with Crippen LogP contribution in [0.4, 0.5) is 0 Å². The molecule has 0 radical (unpaired) electrons. The van der Waals surface area contributed by atoms with Crippen LogP contribution in [0.25, 0.3) is 0 Å². The fourth-order valence-electron chi connectivity index (χ4n) is 2.99. The number of likely N-dealkylation sites (N-methyl/N-ethyl adjacent to an activating group) is 1. The minimum Gasteiger partial charge on any atom is -0.497 e. The third-order valence-corrected chi connectivity index (χ3v) is 5.26. The predicted octanol–water partition coefficient (Wildman–Crippen LogP) is 4.43. The normalized spacial score (nSPS) is 11.5. The number of ether oxygens (including phenoxy) is 2. The number of nitrogens with zero attached hydrogens (tertiary/aromatic N) is 1. The Bertz CT molecular complexity index is 878. The Morgan fingerprint density at radius 1 is 1.20 bits per heavy atom. The van der Waals surface area contributed by atoms with Gasteiger partial charge in [-0.25, -0.2) is 0 Å². The second-order valence-corrected chi connectivity index (χ2v) is 7.88. The SMILES string of the molecule is CCNC(=O)[C@H](CC)N(Cc1cccc(OC)c1)C(=O)COc1ccc(Br)cc1Cl. The molecular formula is C22H26BrClN2O4. The number of nitrogens with one attached hydrogen (secondary N) is 1. The summed E-state index contributed by atoms with van der Waals surface area (Å²) < 4.78 is 11.7. The summed E-state index contributed by atoms with van der Waals surface area (Å²) >= 11 is 9.52. The molecule has 0 saturated heterocycles. The molecule has 6 nitrogen and oxygen atoms in total. The van der Waals surface area contributed by atoms with E-state index in [-0.39, 0.29) is 25.0 Å². The highest BCUT2D eigenvalue weighted by molar-refractivity contribution is 9.10. The van der Waals surface area contributed by atoms with Crippen LogP contribution in [0.3, 0.4) is 0 Å². The number of carbonyl (C=O) groups excluding carboxylic acids is 2. The number of methoxy groups -OCH3 is 1. The summed E-state index contributed by atoms with van der Waals surface area (Å²) in [5, 5.41) is 3.20. The van der Waals surface area contributed by atoms with Gasteiger partial charge in [0.25, 0.3) is 5.91 Å². The zero-order valence-corrected chi connectivity index (χ0v) is 19.6. The second kappa shape index (κ2) is 11.8. The van der Waals surface area contributed by atoms with Gasteiger partial charge in [0.2, 0.25) is 5.91 Å². The number of benzene rings is 2. The van der Waals surface area contributed by atoms with Crippen molar-refractivity contribution in [2.24, 2.45) is 0 Å². The standard InChI is InChI=1S/C22H26BrClN2O4/c1-4-19(22(28)25-5-2)26(13-15-7-6-8-17(11-15)29-3)21(27)14-30-20-10-9-16(23)12-18(20)24/h6-12,19H,4-5,13-14H2,1-3H3,(H,25,28)/t19-/m0/s1. The lowest BCUT2D eigenvalue weighted by molar-refractivity contribution is -0.142. The zero-order valence-electron chi connectivity index (χ0n) is 17.3. The summed E-state index contributed by atoms with van der Waals surface area (Å²) in [6.07, 6.45) is 0.473. The molecule has 0 fully saturated rings. The van der Waals surface area contributed by atoms with E-state index in [1.165, 1.54) is 4.90 Å². The van der Waals surface area contributed by atoms with Crippen molar-refractivity contribution in [2.45, 2.75) is 32.9 Å². The molecule has 0 heterocycles. The first-order chi connectivity index (χ1) is 14.4. The monoisotopic (exact) mass is 496 g/mol. The molecule has 1 atom stereocenters. The van der Waals surface area contributed by atoms with Crippen LogP contribution >= 0.6 is 27.5 Å². The third-order valence-electron chi connectivity index (χ3n) is 4.47. The molecule has 0 unspecified atom stereocenters. The van der Waals surface area contributed by atoms with Crippen LogP contribution < -0.4 is 14.8 Å². The quantitative estimate of drug-likeness (QED) is 0.527. The van der Waals surface area contributed by atoms with Gasteiger partial charge in [0.15, 0.2) is 6.61 Å². The Morgan fingerprint density at radius 3 is 2.60 bits per heavy atom. The Hall–Kier alpha value is -2.25. The van der Waals surface area contributed by atoms with Crippen molar-refractivity contribution in [1.82, 2.24) is 10.2 Å². The Balaban J connectivity index is 2.23. The van der Waals surface area contributed by atoms with Crippen LogP contribution in [-0.2, 0) is 16.1 Å². The molecule has 30 heavy (non-hydrogen) atoms. The van der Waals surface area contributed by atoms with E-state index >= 15 is 0 Å². The maximum absolute atomic E-state index is 13.1. The lowest BCUT2D eigenvalue weighted by atomic mass is 10.1. The molecule has 0 aliphatic rings. The van der Waals surface area contributed by atoms with Gasteiger partial charge in [-0.3, -0.25) is 9.59 Å². The second-order valence-electron chi connectivity index (χ2n) is 6.56. The molecule has 0 saturated carbocycles. The molecule has 162 valence electrons. The van der Waals surface area contributed by atoms with Gasteiger partial charge in [0.1, 0.15) is 17.5 Å². The lowest BCUT2D eigenvalue weighted by Gasteiger charge is -2.30. The van der Waals surface area contributed by atoms with E-state index in [1.807, 2.05) is 38.1 Å². The van der Waals surface area contributed by atoms with Gasteiger partial charge in [0, 0.05) is 17.6 Å². The number of carbonyl (C=O) groups is 2. The minimum atomic E-state index is -0.618. The van der Waals surface area contributed by atoms with Gasteiger partial charge >= 0.3 is 0 Å². The maximum atomic E-state index is 13.1. The van der Waals surface area contributed by atoms with Gasteiger partial charge in [-0.2, -0.15) is 0 Å². The summed E-state index contributed by atoms with van der Waals surface area (Å²) in [4.78, 5) is 27.2. The van der Waals surface area contributed by atoms with Crippen LogP contribution in [0.5, 0.6) is 11.5 Å². The van der Waals surface area contributed by atoms with Crippen molar-refractivity contribution in [2.75, 3.05) is 20.3 Å². The highest BCUT2D eigenvalue weighted by Crippen LogP contribution is 2.28. The van der Waals surface area contributed by atoms with E-state index in [4.69, 9.17) is 21.1 Å². The molecule has 2 aromatic rings. The third kappa shape index (κ3) is 6.64. The molecule has 1 N–H and O–H groups in total. The van der Waals surface area contributed by atoms with Crippen molar-refractivity contribution < 1.29 is 19.1 Å². The van der Waals surface area contributed by atoms with Crippen LogP contribution in [0.2, 0.25) is 5.02 Å². The van der Waals surface area contributed by atoms with Crippen molar-refractivity contribution >= 4 is 39.3 Å². The molecular weight excluding hydrogens is 472 g/mol.